The van der Waals surface area contributed by atoms with Crippen molar-refractivity contribution in [3.05, 3.63) is 23.5 Å². The van der Waals surface area contributed by atoms with Crippen LogP contribution in [0.15, 0.2) is 22.6 Å². The van der Waals surface area contributed by atoms with Crippen LogP contribution in [0.3, 0.4) is 0 Å². The van der Waals surface area contributed by atoms with Crippen molar-refractivity contribution in [1.82, 2.24) is 19.9 Å². The lowest BCUT2D eigenvalue weighted by atomic mass is 10.2. The van der Waals surface area contributed by atoms with E-state index in [0.717, 1.165) is 11.8 Å². The van der Waals surface area contributed by atoms with Gasteiger partial charge < -0.3 is 16.6 Å². The summed E-state index contributed by atoms with van der Waals surface area (Å²) in [6.07, 6.45) is 1.24. The molecule has 0 fully saturated rings. The van der Waals surface area contributed by atoms with E-state index in [1.165, 1.54) is 12.3 Å². The number of nitrogens with zero attached hydrogens (tertiary/aromatic N) is 4. The highest BCUT2D eigenvalue weighted by Crippen LogP contribution is 2.23. The van der Waals surface area contributed by atoms with E-state index in [9.17, 15) is 4.79 Å². The molecule has 0 saturated carbocycles. The van der Waals surface area contributed by atoms with Crippen molar-refractivity contribution in [1.29, 1.82) is 0 Å². The first kappa shape index (κ1) is 13.0. The van der Waals surface area contributed by atoms with Gasteiger partial charge in [-0.2, -0.15) is 0 Å². The molecule has 2 heterocycles. The molecule has 0 saturated heterocycles. The van der Waals surface area contributed by atoms with Crippen molar-refractivity contribution in [2.45, 2.75) is 17.2 Å². The predicted octanol–water partition coefficient (Wildman–Crippen LogP) is 0.589. The third-order valence-electron chi connectivity index (χ3n) is 2.12. The summed E-state index contributed by atoms with van der Waals surface area (Å²) in [4.78, 5) is 26.8. The van der Waals surface area contributed by atoms with Crippen LogP contribution in [0.25, 0.3) is 0 Å². The van der Waals surface area contributed by atoms with E-state index in [-0.39, 0.29) is 17.2 Å². The van der Waals surface area contributed by atoms with Gasteiger partial charge in [0.1, 0.15) is 11.6 Å². The number of carbonyl (C=O) groups is 1. The molecule has 0 radical (unpaired) electrons. The number of anilines is 2. The molecular weight excluding hydrogens is 268 g/mol. The topological polar surface area (TPSA) is 141 Å². The molecule has 19 heavy (non-hydrogen) atoms. The van der Waals surface area contributed by atoms with E-state index in [0.29, 0.717) is 16.0 Å². The first-order valence-corrected chi connectivity index (χ1v) is 5.92. The Morgan fingerprint density at radius 1 is 1.21 bits per heavy atom. The first-order chi connectivity index (χ1) is 8.95. The largest absolute Gasteiger partial charge is 0.478 e. The smallest absolute Gasteiger partial charge is 0.339 e. The Bertz CT molecular complexity index is 628. The molecule has 0 atom stereocenters. The molecule has 0 bridgehead atoms. The second kappa shape index (κ2) is 5.06. The van der Waals surface area contributed by atoms with E-state index >= 15 is 0 Å². The maximum absolute atomic E-state index is 10.8. The Morgan fingerprint density at radius 2 is 1.84 bits per heavy atom. The van der Waals surface area contributed by atoms with Gasteiger partial charge in [0.15, 0.2) is 10.3 Å². The third kappa shape index (κ3) is 3.07. The summed E-state index contributed by atoms with van der Waals surface area (Å²) in [5.41, 5.74) is 11.5. The van der Waals surface area contributed by atoms with Gasteiger partial charge in [-0.25, -0.2) is 24.7 Å². The first-order valence-electron chi connectivity index (χ1n) is 5.10. The monoisotopic (exact) mass is 278 g/mol. The van der Waals surface area contributed by atoms with Gasteiger partial charge in [-0.05, 0) is 18.7 Å². The van der Waals surface area contributed by atoms with Crippen LogP contribution in [0, 0.1) is 6.92 Å². The summed E-state index contributed by atoms with van der Waals surface area (Å²) < 4.78 is 0. The Labute approximate surface area is 112 Å². The molecule has 5 N–H and O–H groups in total. The molecule has 2 aromatic heterocycles. The normalized spacial score (nSPS) is 10.4. The van der Waals surface area contributed by atoms with E-state index in [1.54, 1.807) is 6.92 Å². The van der Waals surface area contributed by atoms with Crippen LogP contribution in [0.4, 0.5) is 11.6 Å². The Kier molecular flexibility index (Phi) is 3.47. The number of rotatable bonds is 3. The summed E-state index contributed by atoms with van der Waals surface area (Å²) in [6.45, 7) is 1.59. The fourth-order valence-electron chi connectivity index (χ4n) is 1.29. The molecule has 0 aliphatic heterocycles. The molecule has 2 aromatic rings. The summed E-state index contributed by atoms with van der Waals surface area (Å²) in [5.74, 6) is -0.582. The van der Waals surface area contributed by atoms with Crippen LogP contribution in [-0.4, -0.2) is 31.0 Å². The molecule has 0 amide bonds. The SMILES string of the molecule is Cc1nc(Sc2nc(N)cc(N)n2)ncc1C(=O)O. The number of hydrogen-bond donors (Lipinski definition) is 3. The van der Waals surface area contributed by atoms with Gasteiger partial charge in [-0.3, -0.25) is 0 Å². The minimum atomic E-state index is -1.07. The highest BCUT2D eigenvalue weighted by Gasteiger charge is 2.12. The molecule has 0 unspecified atom stereocenters. The fourth-order valence-corrected chi connectivity index (χ4v) is 2.05. The van der Waals surface area contributed by atoms with Crippen LogP contribution >= 0.6 is 11.8 Å². The standard InChI is InChI=1S/C10H10N6O2S/c1-4-5(8(17)18)3-13-9(14-4)19-10-15-6(11)2-7(12)16-10/h2-3H,1H3,(H,17,18)(H4,11,12,15,16). The maximum Gasteiger partial charge on any atom is 0.339 e. The number of carboxylic acids is 1. The lowest BCUT2D eigenvalue weighted by molar-refractivity contribution is 0.0695. The van der Waals surface area contributed by atoms with Gasteiger partial charge in [-0.1, -0.05) is 0 Å². The van der Waals surface area contributed by atoms with Crippen LogP contribution < -0.4 is 11.5 Å². The molecule has 98 valence electrons. The Hall–Kier alpha value is -2.42. The highest BCUT2D eigenvalue weighted by atomic mass is 32.2. The van der Waals surface area contributed by atoms with Gasteiger partial charge in [-0.15, -0.1) is 0 Å². The molecule has 0 aliphatic carbocycles. The number of aromatic carboxylic acids is 1. The fraction of sp³-hybridized carbons (Fsp3) is 0.100. The summed E-state index contributed by atoms with van der Waals surface area (Å²) >= 11 is 1.05. The molecule has 8 nitrogen and oxygen atoms in total. The summed E-state index contributed by atoms with van der Waals surface area (Å²) in [7, 11) is 0. The predicted molar refractivity (Wildman–Crippen MR) is 68.7 cm³/mol. The quantitative estimate of drug-likeness (QED) is 0.687. The van der Waals surface area contributed by atoms with Crippen molar-refractivity contribution in [3.8, 4) is 0 Å². The van der Waals surface area contributed by atoms with Gasteiger partial charge in [0.25, 0.3) is 0 Å². The molecule has 2 rings (SSSR count). The number of carboxylic acid groups (broad SMARTS) is 1. The molecule has 0 aromatic carbocycles. The van der Waals surface area contributed by atoms with Crippen molar-refractivity contribution < 1.29 is 9.90 Å². The van der Waals surface area contributed by atoms with Crippen molar-refractivity contribution in [3.63, 3.8) is 0 Å². The van der Waals surface area contributed by atoms with E-state index in [1.807, 2.05) is 0 Å². The van der Waals surface area contributed by atoms with Crippen molar-refractivity contribution in [2.24, 2.45) is 0 Å². The highest BCUT2D eigenvalue weighted by molar-refractivity contribution is 7.99. The molecular formula is C10H10N6O2S. The summed E-state index contributed by atoms with van der Waals surface area (Å²) in [5, 5.41) is 9.51. The molecule has 0 aliphatic rings. The van der Waals surface area contributed by atoms with Crippen LogP contribution in [-0.2, 0) is 0 Å². The zero-order chi connectivity index (χ0) is 14.0. The van der Waals surface area contributed by atoms with Crippen LogP contribution in [0.1, 0.15) is 16.1 Å². The van der Waals surface area contributed by atoms with Gasteiger partial charge in [0.05, 0.1) is 11.3 Å². The van der Waals surface area contributed by atoms with E-state index in [2.05, 4.69) is 19.9 Å². The third-order valence-corrected chi connectivity index (χ3v) is 2.86. The lowest BCUT2D eigenvalue weighted by Gasteiger charge is -2.03. The minimum absolute atomic E-state index is 0.0531. The average molecular weight is 278 g/mol. The zero-order valence-corrected chi connectivity index (χ0v) is 10.7. The number of nitrogens with two attached hydrogens (primary N) is 2. The lowest BCUT2D eigenvalue weighted by Crippen LogP contribution is -2.04. The number of aromatic nitrogens is 4. The van der Waals surface area contributed by atoms with Crippen LogP contribution in [0.2, 0.25) is 0 Å². The summed E-state index contributed by atoms with van der Waals surface area (Å²) in [6, 6.07) is 1.43. The number of hydrogen-bond acceptors (Lipinski definition) is 8. The maximum atomic E-state index is 10.8. The van der Waals surface area contributed by atoms with Gasteiger partial charge >= 0.3 is 5.97 Å². The van der Waals surface area contributed by atoms with Gasteiger partial charge in [0, 0.05) is 12.3 Å². The zero-order valence-electron chi connectivity index (χ0n) is 9.86. The second-order valence-corrected chi connectivity index (χ2v) is 4.49. The number of nitrogen functional groups attached to an aromatic ring is 2. The van der Waals surface area contributed by atoms with Crippen molar-refractivity contribution >= 4 is 29.4 Å². The number of aryl methyl sites for hydroxylation is 1. The molecule has 0 spiro atoms. The average Bonchev–Trinajstić information content (AvgIpc) is 2.26. The van der Waals surface area contributed by atoms with Crippen molar-refractivity contribution in [2.75, 3.05) is 11.5 Å². The van der Waals surface area contributed by atoms with E-state index in [4.69, 9.17) is 16.6 Å². The molecule has 9 heteroatoms. The van der Waals surface area contributed by atoms with Crippen LogP contribution in [0.5, 0.6) is 0 Å². The van der Waals surface area contributed by atoms with E-state index < -0.39 is 5.97 Å². The minimum Gasteiger partial charge on any atom is -0.478 e. The Morgan fingerprint density at radius 3 is 2.37 bits per heavy atom. The Balaban J connectivity index is 2.28. The second-order valence-electron chi connectivity index (χ2n) is 3.56. The van der Waals surface area contributed by atoms with Gasteiger partial charge in [0.2, 0.25) is 0 Å².